The largest absolute Gasteiger partial charge is 0.349 e. The average molecular weight is 375 g/mol. The van der Waals surface area contributed by atoms with Crippen LogP contribution in [0.15, 0.2) is 39.8 Å². The van der Waals surface area contributed by atoms with E-state index < -0.39 is 10.0 Å². The Hall–Kier alpha value is -2.68. The maximum absolute atomic E-state index is 12.4. The third-order valence-corrected chi connectivity index (χ3v) is 5.80. The minimum Gasteiger partial charge on any atom is -0.349 e. The topological polar surface area (TPSA) is 96.7 Å². The average Bonchev–Trinajstić information content (AvgIpc) is 3.05. The second-order valence-electron chi connectivity index (χ2n) is 6.34. The Balaban J connectivity index is 1.72. The van der Waals surface area contributed by atoms with Gasteiger partial charge in [-0.3, -0.25) is 9.48 Å². The summed E-state index contributed by atoms with van der Waals surface area (Å²) in [7, 11) is -0.208. The fourth-order valence-corrected chi connectivity index (χ4v) is 4.21. The molecule has 9 heteroatoms. The van der Waals surface area contributed by atoms with Gasteiger partial charge in [0.2, 0.25) is 5.91 Å². The molecule has 1 atom stereocenters. The van der Waals surface area contributed by atoms with Gasteiger partial charge in [-0.2, -0.15) is 13.5 Å². The number of amides is 1. The van der Waals surface area contributed by atoms with Crippen molar-refractivity contribution in [3.63, 3.8) is 0 Å². The van der Waals surface area contributed by atoms with Crippen LogP contribution < -0.4 is 5.32 Å². The molecule has 1 unspecified atom stereocenters. The highest BCUT2D eigenvalue weighted by molar-refractivity contribution is 7.90. The molecule has 2 aromatic rings. The number of hydrogen-bond donors (Lipinski definition) is 1. The number of nitrogens with zero attached hydrogens (tertiary/aromatic N) is 4. The molecule has 1 aromatic carbocycles. The van der Waals surface area contributed by atoms with Crippen molar-refractivity contribution in [3.8, 4) is 0 Å². The summed E-state index contributed by atoms with van der Waals surface area (Å²) in [5, 5.41) is 7.09. The van der Waals surface area contributed by atoms with Crippen molar-refractivity contribution in [2.75, 3.05) is 13.6 Å². The number of likely N-dealkylation sites (N-methyl/N-ethyl adjacent to an activating group) is 1. The molecule has 8 nitrogen and oxygen atoms in total. The monoisotopic (exact) mass is 375 g/mol. The number of benzene rings is 1. The maximum Gasteiger partial charge on any atom is 0.285 e. The molecule has 26 heavy (non-hydrogen) atoms. The molecule has 1 amide bonds. The standard InChI is InChI=1S/C17H21N5O3S/c1-11(14-9-18-22(4)12(14)2)19-16(23)10-21(3)17-13-7-5-6-8-15(13)26(24,25)20-17/h5-9,11H,10H2,1-4H3,(H,19,23). The Morgan fingerprint density at radius 3 is 2.69 bits per heavy atom. The van der Waals surface area contributed by atoms with E-state index in [0.717, 1.165) is 11.3 Å². The SMILES string of the molecule is Cc1c(C(C)NC(=O)CN(C)C2=NS(=O)(=O)c3ccccc32)cnn1C. The lowest BCUT2D eigenvalue weighted by Crippen LogP contribution is -2.39. The van der Waals surface area contributed by atoms with Crippen LogP contribution in [0.1, 0.15) is 29.8 Å². The molecule has 3 rings (SSSR count). The van der Waals surface area contributed by atoms with Gasteiger partial charge >= 0.3 is 0 Å². The third-order valence-electron chi connectivity index (χ3n) is 4.47. The Kier molecular flexibility index (Phi) is 4.57. The van der Waals surface area contributed by atoms with Gasteiger partial charge in [-0.25, -0.2) is 0 Å². The third kappa shape index (κ3) is 3.22. The number of rotatable bonds is 4. The van der Waals surface area contributed by atoms with Crippen LogP contribution in [0.4, 0.5) is 0 Å². The predicted molar refractivity (Wildman–Crippen MR) is 97.3 cm³/mol. The van der Waals surface area contributed by atoms with E-state index in [1.165, 1.54) is 6.07 Å². The number of carbonyl (C=O) groups excluding carboxylic acids is 1. The summed E-state index contributed by atoms with van der Waals surface area (Å²) in [6.07, 6.45) is 1.73. The van der Waals surface area contributed by atoms with Crippen LogP contribution in [0.3, 0.4) is 0 Å². The van der Waals surface area contributed by atoms with Gasteiger partial charge in [-0.05, 0) is 26.0 Å². The summed E-state index contributed by atoms with van der Waals surface area (Å²) in [5.74, 6) is 0.0497. The van der Waals surface area contributed by atoms with E-state index in [0.29, 0.717) is 5.56 Å². The van der Waals surface area contributed by atoms with E-state index in [-0.39, 0.29) is 29.2 Å². The Morgan fingerprint density at radius 1 is 1.35 bits per heavy atom. The molecule has 0 bridgehead atoms. The van der Waals surface area contributed by atoms with Gasteiger partial charge in [0.15, 0.2) is 5.84 Å². The smallest absolute Gasteiger partial charge is 0.285 e. The molecular formula is C17H21N5O3S. The zero-order chi connectivity index (χ0) is 19.1. The van der Waals surface area contributed by atoms with Gasteiger partial charge in [0.1, 0.15) is 4.90 Å². The van der Waals surface area contributed by atoms with E-state index in [4.69, 9.17) is 0 Å². The number of hydrogen-bond acceptors (Lipinski definition) is 5. The van der Waals surface area contributed by atoms with Gasteiger partial charge < -0.3 is 10.2 Å². The normalized spacial score (nSPS) is 15.9. The zero-order valence-electron chi connectivity index (χ0n) is 15.1. The number of aryl methyl sites for hydroxylation is 1. The molecular weight excluding hydrogens is 354 g/mol. The van der Waals surface area contributed by atoms with Crippen LogP contribution in [0.2, 0.25) is 0 Å². The fraction of sp³-hybridized carbons (Fsp3) is 0.353. The Morgan fingerprint density at radius 2 is 2.04 bits per heavy atom. The molecule has 1 aliphatic rings. The lowest BCUT2D eigenvalue weighted by molar-refractivity contribution is -0.121. The van der Waals surface area contributed by atoms with E-state index in [1.54, 1.807) is 41.0 Å². The van der Waals surface area contributed by atoms with Crippen LogP contribution in [0, 0.1) is 6.92 Å². The summed E-state index contributed by atoms with van der Waals surface area (Å²) in [6.45, 7) is 3.81. The van der Waals surface area contributed by atoms with Gasteiger partial charge in [-0.1, -0.05) is 12.1 Å². The van der Waals surface area contributed by atoms with E-state index in [1.807, 2.05) is 20.9 Å². The summed E-state index contributed by atoms with van der Waals surface area (Å²) in [4.78, 5) is 14.1. The van der Waals surface area contributed by atoms with Crippen LogP contribution in [0.25, 0.3) is 0 Å². The van der Waals surface area contributed by atoms with Crippen LogP contribution in [0.5, 0.6) is 0 Å². The van der Waals surface area contributed by atoms with Gasteiger partial charge in [0, 0.05) is 30.9 Å². The fourth-order valence-electron chi connectivity index (χ4n) is 2.96. The molecule has 2 heterocycles. The summed E-state index contributed by atoms with van der Waals surface area (Å²) in [6, 6.07) is 6.40. The summed E-state index contributed by atoms with van der Waals surface area (Å²) >= 11 is 0. The zero-order valence-corrected chi connectivity index (χ0v) is 15.9. The van der Waals surface area contributed by atoms with Crippen LogP contribution >= 0.6 is 0 Å². The van der Waals surface area contributed by atoms with Crippen molar-refractivity contribution < 1.29 is 13.2 Å². The summed E-state index contributed by atoms with van der Waals surface area (Å²) < 4.78 is 29.8. The van der Waals surface area contributed by atoms with Crippen molar-refractivity contribution in [3.05, 3.63) is 47.3 Å². The molecule has 0 radical (unpaired) electrons. The van der Waals surface area contributed by atoms with Crippen molar-refractivity contribution >= 4 is 21.8 Å². The van der Waals surface area contributed by atoms with Crippen molar-refractivity contribution in [1.29, 1.82) is 0 Å². The van der Waals surface area contributed by atoms with E-state index >= 15 is 0 Å². The number of fused-ring (bicyclic) bond motifs is 1. The highest BCUT2D eigenvalue weighted by Gasteiger charge is 2.31. The van der Waals surface area contributed by atoms with Crippen molar-refractivity contribution in [2.45, 2.75) is 24.8 Å². The molecule has 138 valence electrons. The second kappa shape index (κ2) is 6.56. The minimum atomic E-state index is -3.70. The minimum absolute atomic E-state index is 0.00760. The first-order chi connectivity index (χ1) is 12.2. The summed E-state index contributed by atoms with van der Waals surface area (Å²) in [5.41, 5.74) is 2.43. The lowest BCUT2D eigenvalue weighted by atomic mass is 10.1. The first-order valence-electron chi connectivity index (χ1n) is 8.14. The number of sulfonamides is 1. The maximum atomic E-state index is 12.4. The number of aromatic nitrogens is 2. The second-order valence-corrected chi connectivity index (χ2v) is 7.91. The van der Waals surface area contributed by atoms with E-state index in [2.05, 4.69) is 14.8 Å². The molecule has 0 saturated carbocycles. The van der Waals surface area contributed by atoms with Crippen molar-refractivity contribution in [2.24, 2.45) is 11.4 Å². The number of carbonyl (C=O) groups is 1. The highest BCUT2D eigenvalue weighted by atomic mass is 32.2. The Labute approximate surface area is 152 Å². The molecule has 1 aromatic heterocycles. The molecule has 1 N–H and O–H groups in total. The molecule has 0 fully saturated rings. The molecule has 0 saturated heterocycles. The van der Waals surface area contributed by atoms with Gasteiger partial charge in [-0.15, -0.1) is 4.40 Å². The molecule has 1 aliphatic heterocycles. The Bertz CT molecular complexity index is 994. The van der Waals surface area contributed by atoms with Gasteiger partial charge in [0.05, 0.1) is 18.8 Å². The first-order valence-corrected chi connectivity index (χ1v) is 9.58. The molecule has 0 spiro atoms. The van der Waals surface area contributed by atoms with E-state index in [9.17, 15) is 13.2 Å². The highest BCUT2D eigenvalue weighted by Crippen LogP contribution is 2.26. The first kappa shape index (κ1) is 18.1. The van der Waals surface area contributed by atoms with Crippen molar-refractivity contribution in [1.82, 2.24) is 20.0 Å². The quantitative estimate of drug-likeness (QED) is 0.859. The lowest BCUT2D eigenvalue weighted by Gasteiger charge is -2.20. The number of nitrogens with one attached hydrogen (secondary N) is 1. The number of amidine groups is 1. The molecule has 0 aliphatic carbocycles. The van der Waals surface area contributed by atoms with Crippen LogP contribution in [-0.2, 0) is 21.9 Å². The van der Waals surface area contributed by atoms with Gasteiger partial charge in [0.25, 0.3) is 10.0 Å². The van der Waals surface area contributed by atoms with Crippen LogP contribution in [-0.4, -0.2) is 48.4 Å². The predicted octanol–water partition coefficient (Wildman–Crippen LogP) is 0.987.